The summed E-state index contributed by atoms with van der Waals surface area (Å²) in [6.45, 7) is 5.24. The fourth-order valence-electron chi connectivity index (χ4n) is 3.16. The van der Waals surface area contributed by atoms with Crippen molar-refractivity contribution in [3.8, 4) is 0 Å². The molecule has 0 unspecified atom stereocenters. The molecule has 5 nitrogen and oxygen atoms in total. The van der Waals surface area contributed by atoms with Crippen LogP contribution in [0.5, 0.6) is 0 Å². The topological polar surface area (TPSA) is 61.4 Å². The van der Waals surface area contributed by atoms with Crippen molar-refractivity contribution in [3.05, 3.63) is 23.8 Å². The van der Waals surface area contributed by atoms with Gasteiger partial charge in [-0.3, -0.25) is 9.59 Å². The molecule has 1 heterocycles. The van der Waals surface area contributed by atoms with Gasteiger partial charge in [0.1, 0.15) is 0 Å². The maximum Gasteiger partial charge on any atom is 0.242 e. The van der Waals surface area contributed by atoms with Gasteiger partial charge in [0, 0.05) is 31.1 Å². The van der Waals surface area contributed by atoms with E-state index in [2.05, 4.69) is 10.6 Å². The Labute approximate surface area is 140 Å². The van der Waals surface area contributed by atoms with Crippen molar-refractivity contribution in [2.75, 3.05) is 17.2 Å². The van der Waals surface area contributed by atoms with Crippen LogP contribution in [0.25, 0.3) is 0 Å². The molecule has 7 heteroatoms. The van der Waals surface area contributed by atoms with Gasteiger partial charge in [0.25, 0.3) is 0 Å². The highest BCUT2D eigenvalue weighted by Crippen LogP contribution is 2.26. The van der Waals surface area contributed by atoms with Crippen molar-refractivity contribution >= 4 is 23.2 Å². The molecule has 1 aromatic rings. The highest BCUT2D eigenvalue weighted by Gasteiger charge is 2.28. The number of hydrogen-bond acceptors (Lipinski definition) is 3. The molecule has 2 amide bonds. The van der Waals surface area contributed by atoms with Crippen LogP contribution in [0, 0.1) is 11.6 Å². The number of likely N-dealkylation sites (tertiary alicyclic amines) is 1. The Morgan fingerprint density at radius 3 is 2.21 bits per heavy atom. The highest BCUT2D eigenvalue weighted by atomic mass is 19.2. The lowest BCUT2D eigenvalue weighted by molar-refractivity contribution is -0.135. The van der Waals surface area contributed by atoms with Crippen LogP contribution >= 0.6 is 0 Å². The molecular weight excluding hydrogens is 316 g/mol. The zero-order valence-corrected chi connectivity index (χ0v) is 14.2. The molecule has 1 aliphatic rings. The third-order valence-electron chi connectivity index (χ3n) is 4.28. The summed E-state index contributed by atoms with van der Waals surface area (Å²) in [4.78, 5) is 25.5. The number of benzene rings is 1. The monoisotopic (exact) mass is 339 g/mol. The normalized spacial score (nSPS) is 20.6. The predicted octanol–water partition coefficient (Wildman–Crippen LogP) is 3.12. The number of halogens is 2. The van der Waals surface area contributed by atoms with Crippen molar-refractivity contribution in [2.45, 2.75) is 52.1 Å². The Morgan fingerprint density at radius 2 is 1.67 bits per heavy atom. The average molecular weight is 339 g/mol. The summed E-state index contributed by atoms with van der Waals surface area (Å²) in [5.41, 5.74) is 0.281. The van der Waals surface area contributed by atoms with E-state index < -0.39 is 17.5 Å². The average Bonchev–Trinajstić information content (AvgIpc) is 2.48. The molecule has 1 saturated heterocycles. The molecule has 0 bridgehead atoms. The quantitative estimate of drug-likeness (QED) is 0.886. The van der Waals surface area contributed by atoms with Gasteiger partial charge >= 0.3 is 0 Å². The first-order valence-corrected chi connectivity index (χ1v) is 8.11. The second kappa shape index (κ2) is 7.59. The smallest absolute Gasteiger partial charge is 0.242 e. The fraction of sp³-hybridized carbons (Fsp3) is 0.529. The molecule has 132 valence electrons. The number of carbonyl (C=O) groups excluding carboxylic acids is 2. The van der Waals surface area contributed by atoms with E-state index in [-0.39, 0.29) is 35.9 Å². The van der Waals surface area contributed by atoms with Gasteiger partial charge in [0.2, 0.25) is 11.8 Å². The molecule has 1 aliphatic heterocycles. The second-order valence-electron chi connectivity index (χ2n) is 6.28. The van der Waals surface area contributed by atoms with Gasteiger partial charge < -0.3 is 15.5 Å². The van der Waals surface area contributed by atoms with E-state index in [0.29, 0.717) is 0 Å². The van der Waals surface area contributed by atoms with Crippen LogP contribution in [0.4, 0.5) is 20.2 Å². The zero-order chi connectivity index (χ0) is 17.9. The van der Waals surface area contributed by atoms with Gasteiger partial charge in [-0.25, -0.2) is 8.78 Å². The van der Waals surface area contributed by atoms with Gasteiger partial charge in [-0.1, -0.05) is 0 Å². The van der Waals surface area contributed by atoms with E-state index in [1.165, 1.54) is 6.92 Å². The fourth-order valence-corrected chi connectivity index (χ4v) is 3.16. The minimum atomic E-state index is -1.06. The molecular formula is C17H23F2N3O2. The van der Waals surface area contributed by atoms with Crippen LogP contribution in [0.2, 0.25) is 0 Å². The summed E-state index contributed by atoms with van der Waals surface area (Å²) in [7, 11) is 0. The summed E-state index contributed by atoms with van der Waals surface area (Å²) in [6, 6.07) is 2.15. The first-order valence-electron chi connectivity index (χ1n) is 8.11. The van der Waals surface area contributed by atoms with Gasteiger partial charge in [-0.2, -0.15) is 0 Å². The zero-order valence-electron chi connectivity index (χ0n) is 14.2. The van der Waals surface area contributed by atoms with Crippen LogP contribution in [0.1, 0.15) is 40.0 Å². The van der Waals surface area contributed by atoms with E-state index in [0.717, 1.165) is 31.4 Å². The van der Waals surface area contributed by atoms with Crippen molar-refractivity contribution in [3.63, 3.8) is 0 Å². The standard InChI is InChI=1S/C17H23F2N3O2/c1-10-5-4-6-11(2)22(10)17(24)9-20-15-7-13(18)14(19)8-16(15)21-12(3)23/h7-8,10-11,20H,4-6,9H2,1-3H3,(H,21,23)/t10-,11-/m0/s1. The Balaban J connectivity index is 2.11. The summed E-state index contributed by atoms with van der Waals surface area (Å²) < 4.78 is 26.8. The predicted molar refractivity (Wildman–Crippen MR) is 88.8 cm³/mol. The highest BCUT2D eigenvalue weighted by molar-refractivity contribution is 5.93. The van der Waals surface area contributed by atoms with Crippen molar-refractivity contribution in [1.29, 1.82) is 0 Å². The van der Waals surface area contributed by atoms with Gasteiger partial charge in [-0.15, -0.1) is 0 Å². The van der Waals surface area contributed by atoms with Crippen LogP contribution < -0.4 is 10.6 Å². The number of hydrogen-bond donors (Lipinski definition) is 2. The number of rotatable bonds is 4. The number of amides is 2. The number of anilines is 2. The van der Waals surface area contributed by atoms with E-state index in [1.807, 2.05) is 18.7 Å². The lowest BCUT2D eigenvalue weighted by Crippen LogP contribution is -2.49. The Bertz CT molecular complexity index is 627. The molecule has 0 radical (unpaired) electrons. The lowest BCUT2D eigenvalue weighted by Gasteiger charge is -2.39. The summed E-state index contributed by atoms with van der Waals surface area (Å²) in [6.07, 6.45) is 3.01. The minimum Gasteiger partial charge on any atom is -0.374 e. The maximum absolute atomic E-state index is 13.5. The Hall–Kier alpha value is -2.18. The number of nitrogens with one attached hydrogen (secondary N) is 2. The molecule has 1 aromatic carbocycles. The van der Waals surface area contributed by atoms with E-state index >= 15 is 0 Å². The molecule has 2 rings (SSSR count). The lowest BCUT2D eigenvalue weighted by atomic mass is 9.97. The van der Waals surface area contributed by atoms with Crippen LogP contribution in [0.15, 0.2) is 12.1 Å². The Morgan fingerprint density at radius 1 is 1.12 bits per heavy atom. The number of piperidine rings is 1. The molecule has 0 aromatic heterocycles. The van der Waals surface area contributed by atoms with E-state index in [1.54, 1.807) is 0 Å². The molecule has 1 fully saturated rings. The summed E-state index contributed by atoms with van der Waals surface area (Å²) in [5.74, 6) is -2.62. The molecule has 0 spiro atoms. The summed E-state index contributed by atoms with van der Waals surface area (Å²) >= 11 is 0. The molecule has 0 saturated carbocycles. The second-order valence-corrected chi connectivity index (χ2v) is 6.28. The Kier molecular flexibility index (Phi) is 5.75. The first kappa shape index (κ1) is 18.2. The van der Waals surface area contributed by atoms with Gasteiger partial charge in [0.15, 0.2) is 11.6 Å². The van der Waals surface area contributed by atoms with Gasteiger partial charge in [0.05, 0.1) is 17.9 Å². The SMILES string of the molecule is CC(=O)Nc1cc(F)c(F)cc1NCC(=O)N1[C@@H](C)CCC[C@@H]1C. The van der Waals surface area contributed by atoms with Crippen molar-refractivity contribution < 1.29 is 18.4 Å². The van der Waals surface area contributed by atoms with Crippen LogP contribution in [0.3, 0.4) is 0 Å². The third-order valence-corrected chi connectivity index (χ3v) is 4.28. The van der Waals surface area contributed by atoms with Crippen molar-refractivity contribution in [2.24, 2.45) is 0 Å². The van der Waals surface area contributed by atoms with Crippen molar-refractivity contribution in [1.82, 2.24) is 4.90 Å². The minimum absolute atomic E-state index is 0.0493. The summed E-state index contributed by atoms with van der Waals surface area (Å²) in [5, 5.41) is 5.24. The molecule has 2 N–H and O–H groups in total. The maximum atomic E-state index is 13.5. The molecule has 0 aliphatic carbocycles. The van der Waals surface area contributed by atoms with E-state index in [9.17, 15) is 18.4 Å². The van der Waals surface area contributed by atoms with Gasteiger partial charge in [-0.05, 0) is 33.1 Å². The molecule has 24 heavy (non-hydrogen) atoms. The first-order chi connectivity index (χ1) is 11.3. The van der Waals surface area contributed by atoms with Crippen LogP contribution in [-0.4, -0.2) is 35.3 Å². The number of nitrogens with zero attached hydrogens (tertiary/aromatic N) is 1. The number of carbonyl (C=O) groups is 2. The molecule has 2 atom stereocenters. The van der Waals surface area contributed by atoms with Crippen LogP contribution in [-0.2, 0) is 9.59 Å². The van der Waals surface area contributed by atoms with E-state index in [4.69, 9.17) is 0 Å². The third kappa shape index (κ3) is 4.21. The largest absolute Gasteiger partial charge is 0.374 e.